The molecular weight excluding hydrogens is 408 g/mol. The predicted molar refractivity (Wildman–Crippen MR) is 114 cm³/mol. The van der Waals surface area contributed by atoms with Crippen molar-refractivity contribution in [2.24, 2.45) is 0 Å². The van der Waals surface area contributed by atoms with Gasteiger partial charge in [0.15, 0.2) is 10.9 Å². The Bertz CT molecular complexity index is 744. The molecular formula is C18H24Cl2FN5S. The van der Waals surface area contributed by atoms with Crippen LogP contribution >= 0.6 is 35.4 Å². The molecule has 0 radical (unpaired) electrons. The number of nitrogens with zero attached hydrogens (tertiary/aromatic N) is 3. The van der Waals surface area contributed by atoms with E-state index in [9.17, 15) is 4.39 Å². The number of anilines is 1. The first-order valence-corrected chi connectivity index (χ1v) is 10.0. The normalized spacial score (nSPS) is 11.0. The monoisotopic (exact) mass is 431 g/mol. The highest BCUT2D eigenvalue weighted by atomic mass is 35.5. The maximum Gasteiger partial charge on any atom is 0.173 e. The van der Waals surface area contributed by atoms with Gasteiger partial charge in [-0.1, -0.05) is 43.1 Å². The summed E-state index contributed by atoms with van der Waals surface area (Å²) in [5, 5.41) is 11.6. The largest absolute Gasteiger partial charge is 0.362 e. The van der Waals surface area contributed by atoms with E-state index in [1.807, 2.05) is 0 Å². The molecule has 148 valence electrons. The zero-order chi connectivity index (χ0) is 19.8. The van der Waals surface area contributed by atoms with Crippen LogP contribution in [0, 0.1) is 5.82 Å². The number of aromatic nitrogens is 2. The topological polar surface area (TPSA) is 45.1 Å². The average Bonchev–Trinajstić information content (AvgIpc) is 2.97. The van der Waals surface area contributed by atoms with Gasteiger partial charge in [0.1, 0.15) is 10.8 Å². The molecule has 0 aliphatic heterocycles. The van der Waals surface area contributed by atoms with Crippen molar-refractivity contribution >= 4 is 46.4 Å². The maximum atomic E-state index is 13.9. The Morgan fingerprint density at radius 1 is 1.26 bits per heavy atom. The second kappa shape index (κ2) is 10.8. The third kappa shape index (κ3) is 6.60. The maximum absolute atomic E-state index is 13.9. The van der Waals surface area contributed by atoms with Gasteiger partial charge in [-0.2, -0.15) is 5.10 Å². The van der Waals surface area contributed by atoms with Gasteiger partial charge in [-0.15, -0.1) is 0 Å². The molecule has 0 aliphatic rings. The molecule has 2 N–H and O–H groups in total. The fourth-order valence-electron chi connectivity index (χ4n) is 2.60. The number of benzene rings is 1. The van der Waals surface area contributed by atoms with Crippen LogP contribution in [0.2, 0.25) is 10.0 Å². The number of thiocarbonyl (C=S) groups is 1. The van der Waals surface area contributed by atoms with Gasteiger partial charge in [0.2, 0.25) is 0 Å². The van der Waals surface area contributed by atoms with Crippen molar-refractivity contribution in [2.45, 2.75) is 26.8 Å². The number of halogens is 3. The van der Waals surface area contributed by atoms with Crippen LogP contribution in [0.4, 0.5) is 10.2 Å². The van der Waals surface area contributed by atoms with Crippen LogP contribution < -0.4 is 10.6 Å². The van der Waals surface area contributed by atoms with Crippen molar-refractivity contribution < 1.29 is 4.39 Å². The molecule has 0 atom stereocenters. The Balaban J connectivity index is 1.88. The van der Waals surface area contributed by atoms with E-state index < -0.39 is 0 Å². The van der Waals surface area contributed by atoms with Gasteiger partial charge in [-0.25, -0.2) is 4.39 Å². The van der Waals surface area contributed by atoms with Crippen LogP contribution in [0.1, 0.15) is 25.8 Å². The van der Waals surface area contributed by atoms with Crippen LogP contribution in [0.5, 0.6) is 0 Å². The summed E-state index contributed by atoms with van der Waals surface area (Å²) < 4.78 is 15.5. The smallest absolute Gasteiger partial charge is 0.173 e. The first-order chi connectivity index (χ1) is 12.9. The lowest BCUT2D eigenvalue weighted by molar-refractivity contribution is 0.300. The molecule has 0 aliphatic carbocycles. The van der Waals surface area contributed by atoms with E-state index in [4.69, 9.17) is 35.4 Å². The number of hydrogen-bond donors (Lipinski definition) is 2. The van der Waals surface area contributed by atoms with Crippen molar-refractivity contribution in [3.63, 3.8) is 0 Å². The summed E-state index contributed by atoms with van der Waals surface area (Å²) in [7, 11) is 0. The average molecular weight is 432 g/mol. The van der Waals surface area contributed by atoms with Gasteiger partial charge < -0.3 is 15.5 Å². The molecule has 0 unspecified atom stereocenters. The fraction of sp³-hybridized carbons (Fsp3) is 0.444. The lowest BCUT2D eigenvalue weighted by atomic mass is 10.2. The molecule has 0 spiro atoms. The standard InChI is InChI=1S/C18H24Cl2FN5S/c1-3-25(4-2)10-6-9-22-18(27)23-17-15(20)12-26(24-17)11-13-14(19)7-5-8-16(13)21/h5,7-8,12H,3-4,6,9-11H2,1-2H3,(H2,22,23,24,27). The molecule has 1 heterocycles. The predicted octanol–water partition coefficient (Wildman–Crippen LogP) is 4.40. The zero-order valence-corrected chi connectivity index (χ0v) is 17.8. The van der Waals surface area contributed by atoms with E-state index in [2.05, 4.69) is 34.5 Å². The quantitative estimate of drug-likeness (QED) is 0.455. The minimum Gasteiger partial charge on any atom is -0.362 e. The first-order valence-electron chi connectivity index (χ1n) is 8.87. The molecule has 27 heavy (non-hydrogen) atoms. The van der Waals surface area contributed by atoms with E-state index in [-0.39, 0.29) is 12.4 Å². The Morgan fingerprint density at radius 2 is 2.00 bits per heavy atom. The van der Waals surface area contributed by atoms with E-state index in [1.54, 1.807) is 18.3 Å². The molecule has 0 saturated heterocycles. The summed E-state index contributed by atoms with van der Waals surface area (Å²) in [4.78, 5) is 2.35. The summed E-state index contributed by atoms with van der Waals surface area (Å²) >= 11 is 17.6. The van der Waals surface area contributed by atoms with Crippen LogP contribution in [-0.4, -0.2) is 46.0 Å². The molecule has 1 aromatic heterocycles. The number of nitrogens with one attached hydrogen (secondary N) is 2. The molecule has 2 rings (SSSR count). The SMILES string of the molecule is CCN(CC)CCCNC(=S)Nc1nn(Cc2c(F)cccc2Cl)cc1Cl. The van der Waals surface area contributed by atoms with E-state index in [0.29, 0.717) is 26.5 Å². The van der Waals surface area contributed by atoms with Gasteiger partial charge in [0.05, 0.1) is 6.54 Å². The fourth-order valence-corrected chi connectivity index (χ4v) is 3.22. The summed E-state index contributed by atoms with van der Waals surface area (Å²) in [5.41, 5.74) is 0.363. The van der Waals surface area contributed by atoms with E-state index in [0.717, 1.165) is 32.6 Å². The highest BCUT2D eigenvalue weighted by molar-refractivity contribution is 7.80. The lowest BCUT2D eigenvalue weighted by Crippen LogP contribution is -2.32. The molecule has 9 heteroatoms. The molecule has 0 fully saturated rings. The van der Waals surface area contributed by atoms with Crippen molar-refractivity contribution in [3.8, 4) is 0 Å². The van der Waals surface area contributed by atoms with E-state index in [1.165, 1.54) is 10.7 Å². The van der Waals surface area contributed by atoms with Gasteiger partial charge in [0.25, 0.3) is 0 Å². The van der Waals surface area contributed by atoms with Crippen molar-refractivity contribution in [2.75, 3.05) is 31.5 Å². The Hall–Kier alpha value is -1.41. The summed E-state index contributed by atoms with van der Waals surface area (Å²) in [6.07, 6.45) is 2.59. The molecule has 1 aromatic carbocycles. The molecule has 5 nitrogen and oxygen atoms in total. The van der Waals surface area contributed by atoms with E-state index >= 15 is 0 Å². The first kappa shape index (κ1) is 21.9. The van der Waals surface area contributed by atoms with Crippen molar-refractivity contribution in [3.05, 3.63) is 45.8 Å². The number of rotatable bonds is 9. The van der Waals surface area contributed by atoms with Gasteiger partial charge in [-0.05, 0) is 50.4 Å². The molecule has 0 amide bonds. The van der Waals surface area contributed by atoms with Gasteiger partial charge in [-0.3, -0.25) is 4.68 Å². The molecule has 0 saturated carbocycles. The van der Waals surface area contributed by atoms with Crippen molar-refractivity contribution in [1.29, 1.82) is 0 Å². The zero-order valence-electron chi connectivity index (χ0n) is 15.4. The highest BCUT2D eigenvalue weighted by Gasteiger charge is 2.12. The summed E-state index contributed by atoms with van der Waals surface area (Å²) in [5.74, 6) is 0.0411. The summed E-state index contributed by atoms with van der Waals surface area (Å²) in [6.45, 7) is 8.33. The number of hydrogen-bond acceptors (Lipinski definition) is 3. The molecule has 2 aromatic rings. The third-order valence-corrected chi connectivity index (χ3v) is 5.04. The Morgan fingerprint density at radius 3 is 2.67 bits per heavy atom. The van der Waals surface area contributed by atoms with Crippen molar-refractivity contribution in [1.82, 2.24) is 20.0 Å². The highest BCUT2D eigenvalue weighted by Crippen LogP contribution is 2.23. The summed E-state index contributed by atoms with van der Waals surface area (Å²) in [6, 6.07) is 4.57. The Labute approximate surface area is 174 Å². The second-order valence-electron chi connectivity index (χ2n) is 5.98. The lowest BCUT2D eigenvalue weighted by Gasteiger charge is -2.18. The minimum absolute atomic E-state index is 0.178. The minimum atomic E-state index is -0.381. The molecule has 0 bridgehead atoms. The third-order valence-electron chi connectivity index (χ3n) is 4.16. The van der Waals surface area contributed by atoms with Crippen LogP contribution in [-0.2, 0) is 6.54 Å². The van der Waals surface area contributed by atoms with Crippen LogP contribution in [0.15, 0.2) is 24.4 Å². The Kier molecular flexibility index (Phi) is 8.76. The van der Waals surface area contributed by atoms with Crippen LogP contribution in [0.3, 0.4) is 0 Å². The van der Waals surface area contributed by atoms with Crippen LogP contribution in [0.25, 0.3) is 0 Å². The van der Waals surface area contributed by atoms with Gasteiger partial charge >= 0.3 is 0 Å². The second-order valence-corrected chi connectivity index (χ2v) is 7.21. The van der Waals surface area contributed by atoms with Gasteiger partial charge in [0, 0.05) is 23.3 Å².